The van der Waals surface area contributed by atoms with Crippen molar-refractivity contribution in [2.24, 2.45) is 0 Å². The van der Waals surface area contributed by atoms with E-state index in [9.17, 15) is 0 Å². The second kappa shape index (κ2) is 4.80. The molecular weight excluding hydrogens is 141 g/mol. The van der Waals surface area contributed by atoms with Gasteiger partial charge in [-0.1, -0.05) is 0 Å². The second-order valence-corrected chi connectivity index (χ2v) is 1.44. The Bertz CT molecular complexity index is 28.1. The molecule has 0 aliphatic carbocycles. The SMILES string of the molecule is C=CC[O][Y]. The molecule has 0 aromatic rings. The molecule has 26 valence electrons. The first kappa shape index (κ1) is 5.80. The van der Waals surface area contributed by atoms with Crippen molar-refractivity contribution < 1.29 is 33.5 Å². The van der Waals surface area contributed by atoms with Crippen molar-refractivity contribution >= 4 is 0 Å². The quantitative estimate of drug-likeness (QED) is 0.519. The maximum absolute atomic E-state index is 4.70. The average Bonchev–Trinajstić information content (AvgIpc) is 1.41. The van der Waals surface area contributed by atoms with Gasteiger partial charge in [0.2, 0.25) is 0 Å². The van der Waals surface area contributed by atoms with Crippen LogP contribution >= 0.6 is 0 Å². The van der Waals surface area contributed by atoms with Gasteiger partial charge in [0.05, 0.1) is 0 Å². The van der Waals surface area contributed by atoms with Crippen LogP contribution in [0.4, 0.5) is 0 Å². The van der Waals surface area contributed by atoms with Gasteiger partial charge < -0.3 is 0 Å². The van der Waals surface area contributed by atoms with Crippen LogP contribution in [0.1, 0.15) is 0 Å². The molecule has 0 radical (unpaired) electrons. The first-order valence-electron chi connectivity index (χ1n) is 1.34. The molecule has 0 heterocycles. The Balaban J connectivity index is 2.40. The number of hydrogen-bond acceptors (Lipinski definition) is 1. The van der Waals surface area contributed by atoms with Gasteiger partial charge in [-0.05, 0) is 0 Å². The molecule has 0 bridgehead atoms. The minimum atomic E-state index is 0.711. The van der Waals surface area contributed by atoms with E-state index in [0.29, 0.717) is 6.61 Å². The van der Waals surface area contributed by atoms with Crippen molar-refractivity contribution in [1.82, 2.24) is 0 Å². The summed E-state index contributed by atoms with van der Waals surface area (Å²) < 4.78 is 4.70. The first-order valence-corrected chi connectivity index (χ1v) is 2.50. The summed E-state index contributed by atoms with van der Waals surface area (Å²) in [5, 5.41) is 0. The fourth-order valence-electron chi connectivity index (χ4n) is 0.0680. The van der Waals surface area contributed by atoms with Crippen LogP contribution in [-0.4, -0.2) is 6.61 Å². The first-order chi connectivity index (χ1) is 2.41. The summed E-state index contributed by atoms with van der Waals surface area (Å²) in [7, 11) is 0. The summed E-state index contributed by atoms with van der Waals surface area (Å²) in [6.07, 6.45) is 1.74. The molecule has 0 saturated heterocycles. The van der Waals surface area contributed by atoms with Crippen molar-refractivity contribution in [3.05, 3.63) is 12.7 Å². The van der Waals surface area contributed by atoms with Gasteiger partial charge in [-0.25, -0.2) is 0 Å². The second-order valence-electron chi connectivity index (χ2n) is 0.622. The third-order valence-corrected chi connectivity index (χ3v) is 0.687. The molecule has 0 amide bonds. The topological polar surface area (TPSA) is 9.23 Å². The van der Waals surface area contributed by atoms with Crippen LogP contribution in [0, 0.1) is 0 Å². The van der Waals surface area contributed by atoms with Crippen molar-refractivity contribution in [2.45, 2.75) is 0 Å². The van der Waals surface area contributed by atoms with Crippen LogP contribution in [0.25, 0.3) is 0 Å². The summed E-state index contributed by atoms with van der Waals surface area (Å²) in [6.45, 7) is 4.16. The van der Waals surface area contributed by atoms with Crippen LogP contribution < -0.4 is 0 Å². The molecular formula is C3H5OY. The summed E-state index contributed by atoms with van der Waals surface area (Å²) in [4.78, 5) is 0. The third-order valence-electron chi connectivity index (χ3n) is 0.214. The molecule has 0 spiro atoms. The van der Waals surface area contributed by atoms with Gasteiger partial charge >= 0.3 is 52.8 Å². The van der Waals surface area contributed by atoms with Crippen LogP contribution in [0.15, 0.2) is 12.7 Å². The normalized spacial score (nSPS) is 7.00. The molecule has 5 heavy (non-hydrogen) atoms. The molecule has 0 saturated carbocycles. The zero-order valence-corrected chi connectivity index (χ0v) is 5.82. The molecule has 0 aliphatic rings. The molecule has 2 heteroatoms. The third kappa shape index (κ3) is 4.80. The molecule has 0 fully saturated rings. The summed E-state index contributed by atoms with van der Waals surface area (Å²) in [6, 6.07) is 0. The summed E-state index contributed by atoms with van der Waals surface area (Å²) >= 11 is 0.879. The van der Waals surface area contributed by atoms with E-state index in [0.717, 1.165) is 31.5 Å². The Morgan fingerprint density at radius 1 is 2.00 bits per heavy atom. The molecule has 0 unspecified atom stereocenters. The van der Waals surface area contributed by atoms with E-state index < -0.39 is 0 Å². The Morgan fingerprint density at radius 3 is 2.60 bits per heavy atom. The van der Waals surface area contributed by atoms with Crippen LogP contribution in [0.3, 0.4) is 0 Å². The van der Waals surface area contributed by atoms with Crippen LogP contribution in [0.2, 0.25) is 0 Å². The average molecular weight is 146 g/mol. The summed E-state index contributed by atoms with van der Waals surface area (Å²) in [5.74, 6) is 0. The molecule has 1 nitrogen and oxygen atoms in total. The van der Waals surface area contributed by atoms with Gasteiger partial charge in [-0.2, -0.15) is 0 Å². The zero-order chi connectivity index (χ0) is 4.12. The van der Waals surface area contributed by atoms with Gasteiger partial charge in [0.15, 0.2) is 0 Å². The fraction of sp³-hybridized carbons (Fsp3) is 0.333. The Hall–Kier alpha value is 0.804. The van der Waals surface area contributed by atoms with Crippen molar-refractivity contribution in [1.29, 1.82) is 0 Å². The van der Waals surface area contributed by atoms with E-state index in [1.807, 2.05) is 0 Å². The molecule has 0 atom stereocenters. The number of hydrogen-bond donors (Lipinski definition) is 0. The van der Waals surface area contributed by atoms with Crippen molar-refractivity contribution in [3.63, 3.8) is 0 Å². The molecule has 0 aromatic carbocycles. The molecule has 0 rings (SSSR count). The van der Waals surface area contributed by atoms with Gasteiger partial charge in [-0.3, -0.25) is 0 Å². The van der Waals surface area contributed by atoms with Crippen molar-refractivity contribution in [3.8, 4) is 0 Å². The standard InChI is InChI=1S/C3H5O.Y/c1-2-3-4;/h2H,1,3H2;/q-1;+1. The van der Waals surface area contributed by atoms with E-state index in [-0.39, 0.29) is 0 Å². The monoisotopic (exact) mass is 146 g/mol. The maximum atomic E-state index is 4.70. The Labute approximate surface area is 52.7 Å². The predicted molar refractivity (Wildman–Crippen MR) is 16.1 cm³/mol. The Kier molecular flexibility index (Phi) is 5.58. The fourth-order valence-corrected chi connectivity index (χ4v) is 0.403. The summed E-state index contributed by atoms with van der Waals surface area (Å²) in [5.41, 5.74) is 0. The van der Waals surface area contributed by atoms with Gasteiger partial charge in [0, 0.05) is 0 Å². The van der Waals surface area contributed by atoms with Crippen LogP contribution in [0.5, 0.6) is 0 Å². The van der Waals surface area contributed by atoms with E-state index in [1.54, 1.807) is 6.08 Å². The molecule has 0 aromatic heterocycles. The van der Waals surface area contributed by atoms with E-state index >= 15 is 0 Å². The van der Waals surface area contributed by atoms with E-state index in [2.05, 4.69) is 6.58 Å². The number of rotatable bonds is 2. The zero-order valence-electron chi connectivity index (χ0n) is 2.98. The van der Waals surface area contributed by atoms with E-state index in [1.165, 1.54) is 0 Å². The van der Waals surface area contributed by atoms with Gasteiger partial charge in [0.25, 0.3) is 0 Å². The van der Waals surface area contributed by atoms with Gasteiger partial charge in [0.1, 0.15) is 0 Å². The molecule has 0 aliphatic heterocycles. The van der Waals surface area contributed by atoms with E-state index in [4.69, 9.17) is 2.05 Å². The van der Waals surface area contributed by atoms with Crippen LogP contribution in [-0.2, 0) is 33.5 Å². The van der Waals surface area contributed by atoms with Crippen molar-refractivity contribution in [2.75, 3.05) is 6.61 Å². The minimum absolute atomic E-state index is 0.711. The predicted octanol–water partition coefficient (Wildman–Crippen LogP) is 0.651. The Morgan fingerprint density at radius 2 is 2.60 bits per heavy atom. The van der Waals surface area contributed by atoms with Gasteiger partial charge in [-0.15, -0.1) is 0 Å². The molecule has 0 N–H and O–H groups in total.